The van der Waals surface area contributed by atoms with Crippen LogP contribution in [0.3, 0.4) is 0 Å². The Hall–Kier alpha value is -2.37. The molecule has 0 fully saturated rings. The summed E-state index contributed by atoms with van der Waals surface area (Å²) in [6, 6.07) is 3.32. The Morgan fingerprint density at radius 2 is 2.29 bits per heavy atom. The minimum absolute atomic E-state index is 0.220. The summed E-state index contributed by atoms with van der Waals surface area (Å²) < 4.78 is 0. The molecule has 88 valence electrons. The van der Waals surface area contributed by atoms with Gasteiger partial charge < -0.3 is 16.0 Å². The minimum atomic E-state index is -0.220. The number of amides is 1. The van der Waals surface area contributed by atoms with Gasteiger partial charge in [-0.3, -0.25) is 4.79 Å². The van der Waals surface area contributed by atoms with E-state index in [4.69, 9.17) is 5.73 Å². The lowest BCUT2D eigenvalue weighted by Crippen LogP contribution is -2.26. The van der Waals surface area contributed by atoms with Gasteiger partial charge in [0.15, 0.2) is 0 Å². The van der Waals surface area contributed by atoms with E-state index in [1.807, 2.05) is 0 Å². The number of carbonyl (C=O) groups excluding carboxylic acids is 1. The summed E-state index contributed by atoms with van der Waals surface area (Å²) in [5, 5.41) is 2.76. The summed E-state index contributed by atoms with van der Waals surface area (Å²) in [4.78, 5) is 22.6. The number of nitrogen functional groups attached to an aromatic ring is 1. The fraction of sp³-hybridized carbons (Fsp3) is 0.182. The predicted molar refractivity (Wildman–Crippen MR) is 63.3 cm³/mol. The third kappa shape index (κ3) is 2.81. The van der Waals surface area contributed by atoms with Gasteiger partial charge in [-0.25, -0.2) is 9.97 Å². The molecule has 0 saturated carbocycles. The van der Waals surface area contributed by atoms with E-state index >= 15 is 0 Å². The Bertz CT molecular complexity index is 494. The maximum absolute atomic E-state index is 11.7. The number of aromatic nitrogens is 3. The van der Waals surface area contributed by atoms with Crippen LogP contribution in [0.1, 0.15) is 16.2 Å². The number of nitrogens with two attached hydrogens (primary N) is 1. The molecule has 0 aliphatic heterocycles. The number of nitrogens with zero attached hydrogens (tertiary/aromatic N) is 2. The van der Waals surface area contributed by atoms with Gasteiger partial charge in [0, 0.05) is 31.6 Å². The number of pyridine rings is 1. The van der Waals surface area contributed by atoms with E-state index in [9.17, 15) is 4.79 Å². The van der Waals surface area contributed by atoms with Crippen molar-refractivity contribution in [2.75, 3.05) is 12.3 Å². The Morgan fingerprint density at radius 3 is 3.00 bits per heavy atom. The van der Waals surface area contributed by atoms with Crippen molar-refractivity contribution in [1.29, 1.82) is 0 Å². The lowest BCUT2D eigenvalue weighted by atomic mass is 10.2. The van der Waals surface area contributed by atoms with E-state index in [-0.39, 0.29) is 11.7 Å². The monoisotopic (exact) mass is 231 g/mol. The molecule has 0 aliphatic rings. The standard InChI is InChI=1S/C11H13N5O/c12-10-8(2-1-4-15-10)11(17)16-5-3-9-13-6-7-14-9/h1-2,4,6-7H,3,5H2,(H2,12,15)(H,13,14)(H,16,17). The highest BCUT2D eigenvalue weighted by Gasteiger charge is 2.08. The average molecular weight is 231 g/mol. The second kappa shape index (κ2) is 5.11. The van der Waals surface area contributed by atoms with Crippen molar-refractivity contribution in [3.05, 3.63) is 42.1 Å². The van der Waals surface area contributed by atoms with Crippen molar-refractivity contribution in [2.45, 2.75) is 6.42 Å². The maximum Gasteiger partial charge on any atom is 0.255 e. The van der Waals surface area contributed by atoms with E-state index < -0.39 is 0 Å². The first-order valence-corrected chi connectivity index (χ1v) is 5.24. The van der Waals surface area contributed by atoms with E-state index in [0.717, 1.165) is 5.82 Å². The number of aromatic amines is 1. The minimum Gasteiger partial charge on any atom is -0.383 e. The molecule has 0 saturated heterocycles. The number of anilines is 1. The van der Waals surface area contributed by atoms with Gasteiger partial charge in [-0.2, -0.15) is 0 Å². The molecule has 0 radical (unpaired) electrons. The van der Waals surface area contributed by atoms with Crippen molar-refractivity contribution in [3.63, 3.8) is 0 Å². The molecule has 0 aromatic carbocycles. The van der Waals surface area contributed by atoms with Gasteiger partial charge in [0.25, 0.3) is 5.91 Å². The van der Waals surface area contributed by atoms with Crippen LogP contribution in [-0.2, 0) is 6.42 Å². The molecule has 0 bridgehead atoms. The van der Waals surface area contributed by atoms with Crippen LogP contribution in [0.25, 0.3) is 0 Å². The molecule has 2 heterocycles. The summed E-state index contributed by atoms with van der Waals surface area (Å²) >= 11 is 0. The van der Waals surface area contributed by atoms with E-state index in [1.54, 1.807) is 30.7 Å². The molecule has 0 aliphatic carbocycles. The molecule has 6 heteroatoms. The summed E-state index contributed by atoms with van der Waals surface area (Å²) in [7, 11) is 0. The Morgan fingerprint density at radius 1 is 1.41 bits per heavy atom. The van der Waals surface area contributed by atoms with E-state index in [0.29, 0.717) is 18.5 Å². The molecule has 17 heavy (non-hydrogen) atoms. The van der Waals surface area contributed by atoms with Crippen molar-refractivity contribution < 1.29 is 4.79 Å². The molecule has 0 atom stereocenters. The lowest BCUT2D eigenvalue weighted by Gasteiger charge is -2.05. The van der Waals surface area contributed by atoms with Crippen molar-refractivity contribution in [1.82, 2.24) is 20.3 Å². The molecule has 0 unspecified atom stereocenters. The number of H-pyrrole nitrogens is 1. The zero-order valence-electron chi connectivity index (χ0n) is 9.18. The van der Waals surface area contributed by atoms with Crippen molar-refractivity contribution >= 4 is 11.7 Å². The summed E-state index contributed by atoms with van der Waals surface area (Å²) in [5.41, 5.74) is 5.99. The SMILES string of the molecule is Nc1ncccc1C(=O)NCCc1ncc[nH]1. The highest BCUT2D eigenvalue weighted by molar-refractivity contribution is 5.98. The zero-order chi connectivity index (χ0) is 12.1. The van der Waals surface area contributed by atoms with Crippen LogP contribution >= 0.6 is 0 Å². The van der Waals surface area contributed by atoms with Gasteiger partial charge in [-0.15, -0.1) is 0 Å². The summed E-state index contributed by atoms with van der Waals surface area (Å²) in [6.07, 6.45) is 5.63. The lowest BCUT2D eigenvalue weighted by molar-refractivity contribution is 0.0954. The Kier molecular flexibility index (Phi) is 3.34. The van der Waals surface area contributed by atoms with Gasteiger partial charge in [0.05, 0.1) is 5.56 Å². The molecule has 2 aromatic rings. The molecule has 0 spiro atoms. The molecular formula is C11H13N5O. The maximum atomic E-state index is 11.7. The molecule has 2 aromatic heterocycles. The largest absolute Gasteiger partial charge is 0.383 e. The van der Waals surface area contributed by atoms with Crippen molar-refractivity contribution in [3.8, 4) is 0 Å². The molecular weight excluding hydrogens is 218 g/mol. The Balaban J connectivity index is 1.88. The average Bonchev–Trinajstić information content (AvgIpc) is 2.82. The van der Waals surface area contributed by atoms with Gasteiger partial charge in [0.2, 0.25) is 0 Å². The number of rotatable bonds is 4. The topological polar surface area (TPSA) is 96.7 Å². The molecule has 4 N–H and O–H groups in total. The molecule has 2 rings (SSSR count). The summed E-state index contributed by atoms with van der Waals surface area (Å²) in [5.74, 6) is 0.856. The predicted octanol–water partition coefficient (Wildman–Crippen LogP) is 0.359. The molecule has 1 amide bonds. The Labute approximate surface area is 98.3 Å². The van der Waals surface area contributed by atoms with Crippen LogP contribution in [0.2, 0.25) is 0 Å². The zero-order valence-corrected chi connectivity index (χ0v) is 9.18. The van der Waals surface area contributed by atoms with Crippen LogP contribution in [0.4, 0.5) is 5.82 Å². The third-order valence-corrected chi connectivity index (χ3v) is 2.29. The van der Waals surface area contributed by atoms with Crippen LogP contribution < -0.4 is 11.1 Å². The van der Waals surface area contributed by atoms with Crippen LogP contribution in [0, 0.1) is 0 Å². The fourth-order valence-corrected chi connectivity index (χ4v) is 1.43. The van der Waals surface area contributed by atoms with Crippen molar-refractivity contribution in [2.24, 2.45) is 0 Å². The van der Waals surface area contributed by atoms with Crippen LogP contribution in [0.15, 0.2) is 30.7 Å². The van der Waals surface area contributed by atoms with E-state index in [1.165, 1.54) is 0 Å². The smallest absolute Gasteiger partial charge is 0.255 e. The number of carbonyl (C=O) groups is 1. The second-order valence-corrected chi connectivity index (χ2v) is 3.48. The van der Waals surface area contributed by atoms with Gasteiger partial charge in [-0.1, -0.05) is 0 Å². The third-order valence-electron chi connectivity index (χ3n) is 2.29. The number of imidazole rings is 1. The normalized spacial score (nSPS) is 10.1. The molecule has 6 nitrogen and oxygen atoms in total. The van der Waals surface area contributed by atoms with E-state index in [2.05, 4.69) is 20.3 Å². The number of nitrogens with one attached hydrogen (secondary N) is 2. The first kappa shape index (κ1) is 11.1. The number of hydrogen-bond acceptors (Lipinski definition) is 4. The van der Waals surface area contributed by atoms with Crippen LogP contribution in [-0.4, -0.2) is 27.4 Å². The summed E-state index contributed by atoms with van der Waals surface area (Å²) in [6.45, 7) is 0.501. The highest BCUT2D eigenvalue weighted by Crippen LogP contribution is 2.05. The first-order chi connectivity index (χ1) is 8.27. The quantitative estimate of drug-likeness (QED) is 0.707. The first-order valence-electron chi connectivity index (χ1n) is 5.24. The highest BCUT2D eigenvalue weighted by atomic mass is 16.1. The number of hydrogen-bond donors (Lipinski definition) is 3. The fourth-order valence-electron chi connectivity index (χ4n) is 1.43. The second-order valence-electron chi connectivity index (χ2n) is 3.48. The van der Waals surface area contributed by atoms with Gasteiger partial charge in [0.1, 0.15) is 11.6 Å². The van der Waals surface area contributed by atoms with Crippen LogP contribution in [0.5, 0.6) is 0 Å². The van der Waals surface area contributed by atoms with Gasteiger partial charge in [-0.05, 0) is 12.1 Å². The van der Waals surface area contributed by atoms with Gasteiger partial charge >= 0.3 is 0 Å².